The largest absolute Gasteiger partial charge is 0.372 e. The van der Waals surface area contributed by atoms with E-state index < -0.39 is 21.7 Å². The summed E-state index contributed by atoms with van der Waals surface area (Å²) >= 11 is 0. The molecule has 0 radical (unpaired) electrons. The van der Waals surface area contributed by atoms with Crippen LogP contribution in [0.15, 0.2) is 42.5 Å². The normalized spacial score (nSPS) is 14.6. The van der Waals surface area contributed by atoms with Crippen LogP contribution in [0.4, 0.5) is 17.1 Å². The second-order valence-corrected chi connectivity index (χ2v) is 8.97. The second-order valence-electron chi connectivity index (χ2n) is 7.25. The quantitative estimate of drug-likeness (QED) is 0.774. The van der Waals surface area contributed by atoms with Crippen molar-refractivity contribution in [2.45, 2.75) is 33.1 Å². The number of carbonyl (C=O) groups is 1. The van der Waals surface area contributed by atoms with Crippen LogP contribution in [-0.4, -0.2) is 33.2 Å². The molecule has 1 fully saturated rings. The summed E-state index contributed by atoms with van der Waals surface area (Å²) < 4.78 is 27.2. The van der Waals surface area contributed by atoms with Gasteiger partial charge in [0.15, 0.2) is 0 Å². The molecule has 2 aromatic carbocycles. The molecule has 0 aliphatic carbocycles. The molecule has 1 saturated heterocycles. The molecule has 0 aromatic heterocycles. The van der Waals surface area contributed by atoms with Crippen LogP contribution in [0.3, 0.4) is 0 Å². The topological polar surface area (TPSA) is 78.5 Å². The standard InChI is InChI=1S/C21H27N3O3S/c1-16-7-6-8-20(17(16)2)22-21(25)15-28(26,27)23-18-9-11-19(12-10-18)24-13-4-3-5-14-24/h6-12,23H,3-5,13-15H2,1-2H3,(H,22,25). The van der Waals surface area contributed by atoms with Gasteiger partial charge in [0.05, 0.1) is 0 Å². The number of amides is 1. The molecule has 0 unspecified atom stereocenters. The maximum atomic E-state index is 12.4. The lowest BCUT2D eigenvalue weighted by atomic mass is 10.1. The summed E-state index contributed by atoms with van der Waals surface area (Å²) in [5.74, 6) is -1.19. The lowest BCUT2D eigenvalue weighted by molar-refractivity contribution is -0.113. The Bertz CT molecular complexity index is 934. The van der Waals surface area contributed by atoms with Crippen LogP contribution in [0, 0.1) is 13.8 Å². The van der Waals surface area contributed by atoms with Crippen molar-refractivity contribution in [2.24, 2.45) is 0 Å². The van der Waals surface area contributed by atoms with Gasteiger partial charge in [0.1, 0.15) is 5.75 Å². The number of carbonyl (C=O) groups excluding carboxylic acids is 1. The highest BCUT2D eigenvalue weighted by atomic mass is 32.2. The van der Waals surface area contributed by atoms with Crippen molar-refractivity contribution in [1.82, 2.24) is 0 Å². The molecule has 2 N–H and O–H groups in total. The molecule has 0 atom stereocenters. The number of hydrogen-bond acceptors (Lipinski definition) is 4. The number of aryl methyl sites for hydroxylation is 1. The summed E-state index contributed by atoms with van der Waals surface area (Å²) in [5.41, 5.74) is 4.14. The molecule has 7 heteroatoms. The highest BCUT2D eigenvalue weighted by Crippen LogP contribution is 2.22. The molecule has 1 aliphatic rings. The van der Waals surface area contributed by atoms with Gasteiger partial charge < -0.3 is 10.2 Å². The highest BCUT2D eigenvalue weighted by Gasteiger charge is 2.18. The number of piperidine rings is 1. The van der Waals surface area contributed by atoms with E-state index in [2.05, 4.69) is 14.9 Å². The van der Waals surface area contributed by atoms with Crippen LogP contribution in [0.2, 0.25) is 0 Å². The molecule has 1 aliphatic heterocycles. The Morgan fingerprint density at radius 3 is 2.36 bits per heavy atom. The number of anilines is 3. The lowest BCUT2D eigenvalue weighted by Crippen LogP contribution is -2.29. The Morgan fingerprint density at radius 1 is 1.00 bits per heavy atom. The Kier molecular flexibility index (Phi) is 6.24. The van der Waals surface area contributed by atoms with E-state index in [0.29, 0.717) is 11.4 Å². The Balaban J connectivity index is 1.60. The third-order valence-electron chi connectivity index (χ3n) is 5.06. The van der Waals surface area contributed by atoms with Crippen LogP contribution < -0.4 is 14.9 Å². The van der Waals surface area contributed by atoms with Crippen LogP contribution in [0.25, 0.3) is 0 Å². The van der Waals surface area contributed by atoms with E-state index in [1.807, 2.05) is 38.1 Å². The van der Waals surface area contributed by atoms with Crippen molar-refractivity contribution in [1.29, 1.82) is 0 Å². The molecular weight excluding hydrogens is 374 g/mol. The fraction of sp³-hybridized carbons (Fsp3) is 0.381. The first kappa shape index (κ1) is 20.2. The molecule has 28 heavy (non-hydrogen) atoms. The van der Waals surface area contributed by atoms with E-state index >= 15 is 0 Å². The van der Waals surface area contributed by atoms with E-state index in [1.165, 1.54) is 19.3 Å². The van der Waals surface area contributed by atoms with Crippen molar-refractivity contribution in [3.8, 4) is 0 Å². The third kappa shape index (κ3) is 5.25. The zero-order chi connectivity index (χ0) is 20.1. The summed E-state index contributed by atoms with van der Waals surface area (Å²) in [6, 6.07) is 12.8. The molecule has 2 aromatic rings. The van der Waals surface area contributed by atoms with Gasteiger partial charge in [-0.25, -0.2) is 8.42 Å². The van der Waals surface area contributed by atoms with Gasteiger partial charge in [-0.3, -0.25) is 9.52 Å². The minimum atomic E-state index is -3.79. The first-order valence-electron chi connectivity index (χ1n) is 9.56. The fourth-order valence-corrected chi connectivity index (χ4v) is 4.34. The minimum Gasteiger partial charge on any atom is -0.372 e. The first-order chi connectivity index (χ1) is 13.3. The summed E-state index contributed by atoms with van der Waals surface area (Å²) in [6.07, 6.45) is 3.63. The maximum Gasteiger partial charge on any atom is 0.241 e. The molecule has 0 bridgehead atoms. The zero-order valence-corrected chi connectivity index (χ0v) is 17.2. The molecular formula is C21H27N3O3S. The van der Waals surface area contributed by atoms with Crippen molar-refractivity contribution < 1.29 is 13.2 Å². The van der Waals surface area contributed by atoms with E-state index in [-0.39, 0.29) is 0 Å². The van der Waals surface area contributed by atoms with Gasteiger partial charge in [-0.1, -0.05) is 12.1 Å². The highest BCUT2D eigenvalue weighted by molar-refractivity contribution is 7.93. The number of hydrogen-bond donors (Lipinski definition) is 2. The Hall–Kier alpha value is -2.54. The summed E-state index contributed by atoms with van der Waals surface area (Å²) in [4.78, 5) is 14.5. The molecule has 0 spiro atoms. The average molecular weight is 402 g/mol. The molecule has 6 nitrogen and oxygen atoms in total. The van der Waals surface area contributed by atoms with Crippen molar-refractivity contribution in [2.75, 3.05) is 33.8 Å². The van der Waals surface area contributed by atoms with Gasteiger partial charge in [-0.2, -0.15) is 0 Å². The zero-order valence-electron chi connectivity index (χ0n) is 16.4. The molecule has 1 heterocycles. The van der Waals surface area contributed by atoms with E-state index in [0.717, 1.165) is 29.9 Å². The monoisotopic (exact) mass is 401 g/mol. The summed E-state index contributed by atoms with van der Waals surface area (Å²) in [6.45, 7) is 5.89. The van der Waals surface area contributed by atoms with Gasteiger partial charge in [0.2, 0.25) is 15.9 Å². The Morgan fingerprint density at radius 2 is 1.68 bits per heavy atom. The van der Waals surface area contributed by atoms with Crippen molar-refractivity contribution in [3.63, 3.8) is 0 Å². The van der Waals surface area contributed by atoms with Crippen molar-refractivity contribution >= 4 is 33.0 Å². The Labute approximate surface area is 167 Å². The van der Waals surface area contributed by atoms with Gasteiger partial charge >= 0.3 is 0 Å². The van der Waals surface area contributed by atoms with E-state index in [4.69, 9.17) is 0 Å². The average Bonchev–Trinajstić information content (AvgIpc) is 2.66. The van der Waals surface area contributed by atoms with Gasteiger partial charge in [0.25, 0.3) is 0 Å². The number of benzene rings is 2. The lowest BCUT2D eigenvalue weighted by Gasteiger charge is -2.28. The SMILES string of the molecule is Cc1cccc(NC(=O)CS(=O)(=O)Nc2ccc(N3CCCCC3)cc2)c1C. The van der Waals surface area contributed by atoms with E-state index in [1.54, 1.807) is 18.2 Å². The van der Waals surface area contributed by atoms with Crippen LogP contribution in [0.1, 0.15) is 30.4 Å². The van der Waals surface area contributed by atoms with Crippen LogP contribution >= 0.6 is 0 Å². The fourth-order valence-electron chi connectivity index (χ4n) is 3.35. The minimum absolute atomic E-state index is 0.459. The smallest absolute Gasteiger partial charge is 0.241 e. The van der Waals surface area contributed by atoms with Gasteiger partial charge in [-0.05, 0) is 74.6 Å². The molecule has 0 saturated carbocycles. The molecule has 3 rings (SSSR count). The first-order valence-corrected chi connectivity index (χ1v) is 11.2. The number of rotatable bonds is 6. The maximum absolute atomic E-state index is 12.4. The predicted octanol–water partition coefficient (Wildman–Crippen LogP) is 3.67. The van der Waals surface area contributed by atoms with E-state index in [9.17, 15) is 13.2 Å². The number of sulfonamides is 1. The number of nitrogens with one attached hydrogen (secondary N) is 2. The second kappa shape index (κ2) is 8.65. The van der Waals surface area contributed by atoms with Crippen molar-refractivity contribution in [3.05, 3.63) is 53.6 Å². The summed E-state index contributed by atoms with van der Waals surface area (Å²) in [5, 5.41) is 2.68. The molecule has 150 valence electrons. The van der Waals surface area contributed by atoms with Crippen LogP contribution in [0.5, 0.6) is 0 Å². The number of nitrogens with zero attached hydrogens (tertiary/aromatic N) is 1. The third-order valence-corrected chi connectivity index (χ3v) is 6.25. The molecule has 1 amide bonds. The summed E-state index contributed by atoms with van der Waals surface area (Å²) in [7, 11) is -3.79. The van der Waals surface area contributed by atoms with Crippen LogP contribution in [-0.2, 0) is 14.8 Å². The van der Waals surface area contributed by atoms with Gasteiger partial charge in [0, 0.05) is 30.2 Å². The predicted molar refractivity (Wildman–Crippen MR) is 114 cm³/mol. The van der Waals surface area contributed by atoms with Gasteiger partial charge in [-0.15, -0.1) is 0 Å².